The molecule has 2 saturated heterocycles. The van der Waals surface area contributed by atoms with Gasteiger partial charge in [0.15, 0.2) is 0 Å². The predicted octanol–water partition coefficient (Wildman–Crippen LogP) is 4.42. The van der Waals surface area contributed by atoms with Crippen LogP contribution in [0.4, 0.5) is 5.69 Å². The first-order valence-electron chi connectivity index (χ1n) is 11.6. The molecule has 1 aromatic heterocycles. The summed E-state index contributed by atoms with van der Waals surface area (Å²) >= 11 is 0. The molecule has 1 aromatic carbocycles. The Bertz CT molecular complexity index is 958. The Labute approximate surface area is 179 Å². The number of anilines is 1. The van der Waals surface area contributed by atoms with Gasteiger partial charge < -0.3 is 4.90 Å². The zero-order chi connectivity index (χ0) is 19.9. The van der Waals surface area contributed by atoms with Crippen molar-refractivity contribution in [1.29, 1.82) is 0 Å². The average Bonchev–Trinajstić information content (AvgIpc) is 3.39. The minimum absolute atomic E-state index is 0.709. The van der Waals surface area contributed by atoms with Crippen LogP contribution in [0.2, 0.25) is 0 Å². The van der Waals surface area contributed by atoms with Crippen LogP contribution in [0.5, 0.6) is 0 Å². The first kappa shape index (κ1) is 18.3. The topological polar surface area (TPSA) is 31.7 Å². The van der Waals surface area contributed by atoms with Crippen molar-refractivity contribution in [3.63, 3.8) is 0 Å². The van der Waals surface area contributed by atoms with Gasteiger partial charge in [-0.2, -0.15) is 0 Å². The number of likely N-dealkylation sites (tertiary alicyclic amines) is 1. The van der Waals surface area contributed by atoms with Gasteiger partial charge in [-0.1, -0.05) is 12.1 Å². The molecule has 6 rings (SSSR count). The second kappa shape index (κ2) is 7.66. The van der Waals surface area contributed by atoms with Gasteiger partial charge in [-0.3, -0.25) is 14.9 Å². The van der Waals surface area contributed by atoms with Crippen molar-refractivity contribution >= 4 is 17.5 Å². The number of nitrogens with zero attached hydrogens (tertiary/aromatic N) is 4. The van der Waals surface area contributed by atoms with E-state index in [2.05, 4.69) is 51.2 Å². The van der Waals surface area contributed by atoms with Crippen LogP contribution < -0.4 is 4.90 Å². The molecule has 4 aliphatic rings. The number of allylic oxidation sites excluding steroid dienone is 1. The van der Waals surface area contributed by atoms with Gasteiger partial charge in [-0.15, -0.1) is 0 Å². The molecule has 4 nitrogen and oxygen atoms in total. The number of hydrogen-bond donors (Lipinski definition) is 0. The quantitative estimate of drug-likeness (QED) is 0.747. The van der Waals surface area contributed by atoms with Crippen molar-refractivity contribution in [2.75, 3.05) is 31.1 Å². The van der Waals surface area contributed by atoms with E-state index >= 15 is 0 Å². The van der Waals surface area contributed by atoms with Crippen molar-refractivity contribution in [3.8, 4) is 0 Å². The molecular weight excluding hydrogens is 368 g/mol. The highest BCUT2D eigenvalue weighted by Crippen LogP contribution is 2.38. The molecule has 0 N–H and O–H groups in total. The first-order valence-corrected chi connectivity index (χ1v) is 11.6. The maximum Gasteiger partial charge on any atom is 0.0694 e. The van der Waals surface area contributed by atoms with Crippen molar-refractivity contribution in [2.24, 2.45) is 10.9 Å². The average molecular weight is 399 g/mol. The fourth-order valence-electron chi connectivity index (χ4n) is 5.48. The molecule has 0 unspecified atom stereocenters. The lowest BCUT2D eigenvalue weighted by molar-refractivity contribution is 0.229. The zero-order valence-electron chi connectivity index (χ0n) is 17.6. The highest BCUT2D eigenvalue weighted by atomic mass is 15.4. The lowest BCUT2D eigenvalue weighted by Crippen LogP contribution is -2.47. The molecular formula is C26H30N4. The molecule has 2 bridgehead atoms. The molecule has 30 heavy (non-hydrogen) atoms. The molecule has 3 fully saturated rings. The Balaban J connectivity index is 1.17. The van der Waals surface area contributed by atoms with E-state index in [9.17, 15) is 0 Å². The van der Waals surface area contributed by atoms with Crippen molar-refractivity contribution in [1.82, 2.24) is 9.88 Å². The van der Waals surface area contributed by atoms with Gasteiger partial charge in [0, 0.05) is 61.9 Å². The van der Waals surface area contributed by atoms with Gasteiger partial charge in [0.05, 0.1) is 5.71 Å². The summed E-state index contributed by atoms with van der Waals surface area (Å²) in [6.45, 7) is 4.73. The van der Waals surface area contributed by atoms with E-state index in [0.717, 1.165) is 42.6 Å². The van der Waals surface area contributed by atoms with E-state index in [0.29, 0.717) is 6.04 Å². The third-order valence-corrected chi connectivity index (χ3v) is 7.22. The monoisotopic (exact) mass is 398 g/mol. The summed E-state index contributed by atoms with van der Waals surface area (Å²) in [5, 5.41) is 0. The molecule has 1 aliphatic carbocycles. The molecule has 0 radical (unpaired) electrons. The summed E-state index contributed by atoms with van der Waals surface area (Å²) in [6.07, 6.45) is 12.6. The molecule has 4 heteroatoms. The standard InChI is InChI=1S/C26H30N4/c1-4-22(15-27-11-1)26-21(3-2-12-28-26)13-19-7-9-23(10-8-19)30-18-24-14-25(30)17-29(24)16-20-5-6-20/h1,4,7-11,13,15,20,24-25H,2-3,5-6,12,14,16-18H2/t24-,25-/m0/s1. The van der Waals surface area contributed by atoms with E-state index in [-0.39, 0.29) is 0 Å². The maximum absolute atomic E-state index is 4.81. The van der Waals surface area contributed by atoms with Crippen LogP contribution in [0.25, 0.3) is 6.08 Å². The molecule has 0 amide bonds. The summed E-state index contributed by atoms with van der Waals surface area (Å²) in [7, 11) is 0. The van der Waals surface area contributed by atoms with E-state index < -0.39 is 0 Å². The van der Waals surface area contributed by atoms with E-state index in [1.807, 2.05) is 18.5 Å². The van der Waals surface area contributed by atoms with Gasteiger partial charge in [0.1, 0.15) is 0 Å². The Hall–Kier alpha value is -2.46. The predicted molar refractivity (Wildman–Crippen MR) is 123 cm³/mol. The summed E-state index contributed by atoms with van der Waals surface area (Å²) < 4.78 is 0. The van der Waals surface area contributed by atoms with E-state index in [1.165, 1.54) is 55.7 Å². The summed E-state index contributed by atoms with van der Waals surface area (Å²) in [4.78, 5) is 14.5. The van der Waals surface area contributed by atoms with Crippen LogP contribution in [0.3, 0.4) is 0 Å². The minimum atomic E-state index is 0.709. The van der Waals surface area contributed by atoms with Gasteiger partial charge in [-0.05, 0) is 79.5 Å². The second-order valence-corrected chi connectivity index (χ2v) is 9.43. The van der Waals surface area contributed by atoms with Crippen LogP contribution in [-0.4, -0.2) is 53.9 Å². The molecule has 2 atom stereocenters. The molecule has 154 valence electrons. The summed E-state index contributed by atoms with van der Waals surface area (Å²) in [5.41, 5.74) is 6.24. The van der Waals surface area contributed by atoms with Crippen molar-refractivity contribution in [3.05, 3.63) is 65.5 Å². The number of rotatable bonds is 5. The Morgan fingerprint density at radius 2 is 1.93 bits per heavy atom. The summed E-state index contributed by atoms with van der Waals surface area (Å²) in [6, 6.07) is 14.8. The fourth-order valence-corrected chi connectivity index (χ4v) is 5.48. The largest absolute Gasteiger partial charge is 0.366 e. The fraction of sp³-hybridized carbons (Fsp3) is 0.462. The smallest absolute Gasteiger partial charge is 0.0694 e. The SMILES string of the molecule is C(=C1CCCN=C1c1cccnc1)c1ccc(N2C[C@@H]3C[C@H]2CN3CC2CC2)cc1. The molecule has 3 aliphatic heterocycles. The third kappa shape index (κ3) is 3.58. The van der Waals surface area contributed by atoms with Crippen LogP contribution in [0.1, 0.15) is 43.2 Å². The summed E-state index contributed by atoms with van der Waals surface area (Å²) in [5.74, 6) is 1.00. The second-order valence-electron chi connectivity index (χ2n) is 9.43. The minimum Gasteiger partial charge on any atom is -0.366 e. The number of hydrogen-bond acceptors (Lipinski definition) is 4. The molecule has 0 spiro atoms. The van der Waals surface area contributed by atoms with E-state index in [4.69, 9.17) is 4.99 Å². The van der Waals surface area contributed by atoms with Gasteiger partial charge in [0.25, 0.3) is 0 Å². The lowest BCUT2D eigenvalue weighted by Gasteiger charge is -2.35. The Morgan fingerprint density at radius 3 is 2.67 bits per heavy atom. The number of benzene rings is 1. The van der Waals surface area contributed by atoms with Crippen LogP contribution in [0.15, 0.2) is 59.4 Å². The Morgan fingerprint density at radius 1 is 1.03 bits per heavy atom. The van der Waals surface area contributed by atoms with Crippen LogP contribution in [0, 0.1) is 5.92 Å². The van der Waals surface area contributed by atoms with Gasteiger partial charge >= 0.3 is 0 Å². The van der Waals surface area contributed by atoms with Gasteiger partial charge in [0.2, 0.25) is 0 Å². The maximum atomic E-state index is 4.81. The molecule has 4 heterocycles. The number of pyridine rings is 1. The van der Waals surface area contributed by atoms with Crippen molar-refractivity contribution < 1.29 is 0 Å². The third-order valence-electron chi connectivity index (χ3n) is 7.22. The number of piperazine rings is 1. The number of aliphatic imine (C=N–C) groups is 1. The highest BCUT2D eigenvalue weighted by Gasteiger charge is 2.44. The van der Waals surface area contributed by atoms with Crippen LogP contribution in [-0.2, 0) is 0 Å². The lowest BCUT2D eigenvalue weighted by atomic mass is 9.95. The highest BCUT2D eigenvalue weighted by molar-refractivity contribution is 6.15. The van der Waals surface area contributed by atoms with Crippen LogP contribution >= 0.6 is 0 Å². The zero-order valence-corrected chi connectivity index (χ0v) is 17.6. The van der Waals surface area contributed by atoms with Gasteiger partial charge in [-0.25, -0.2) is 0 Å². The first-order chi connectivity index (χ1) is 14.8. The number of fused-ring (bicyclic) bond motifs is 2. The number of aromatic nitrogens is 1. The Kier molecular flexibility index (Phi) is 4.68. The normalized spacial score (nSPS) is 27.7. The molecule has 2 aromatic rings. The molecule has 1 saturated carbocycles. The van der Waals surface area contributed by atoms with Crippen molar-refractivity contribution in [2.45, 2.75) is 44.2 Å². The van der Waals surface area contributed by atoms with E-state index in [1.54, 1.807) is 0 Å².